The van der Waals surface area contributed by atoms with Crippen molar-refractivity contribution in [3.63, 3.8) is 0 Å². The van der Waals surface area contributed by atoms with Crippen molar-refractivity contribution in [1.29, 1.82) is 0 Å². The fraction of sp³-hybridized carbons (Fsp3) is 1.00. The van der Waals surface area contributed by atoms with Crippen LogP contribution in [0.1, 0.15) is 91.9 Å². The summed E-state index contributed by atoms with van der Waals surface area (Å²) in [5, 5.41) is 0. The standard InChI is InChI=1S/C12H26O4S.C6H15N.Na/c1-2-3-4-5-6-7-8-9-10-11-12-16-17(13,14)15;1-4-7(5-2)6-3;/h2-12H2,1H3,(H,13,14,15);4-6H2,1-3H3;/q;;+1/p-1. The predicted molar refractivity (Wildman–Crippen MR) is 101 cm³/mol. The molecule has 0 aromatic rings. The number of hydrogen-bond donors (Lipinski definition) is 0. The van der Waals surface area contributed by atoms with Gasteiger partial charge in [-0.3, -0.25) is 4.18 Å². The van der Waals surface area contributed by atoms with Gasteiger partial charge in [0.05, 0.1) is 6.61 Å². The van der Waals surface area contributed by atoms with Gasteiger partial charge in [0.15, 0.2) is 0 Å². The number of hydrogen-bond acceptors (Lipinski definition) is 5. The molecule has 7 heteroatoms. The first-order valence-electron chi connectivity index (χ1n) is 9.73. The van der Waals surface area contributed by atoms with Crippen molar-refractivity contribution in [1.82, 2.24) is 4.90 Å². The molecule has 148 valence electrons. The molecule has 0 saturated heterocycles. The zero-order chi connectivity index (χ0) is 18.7. The molecule has 0 rings (SSSR count). The Bertz CT molecular complexity index is 330. The average Bonchev–Trinajstić information content (AvgIpc) is 2.54. The normalized spacial score (nSPS) is 11.0. The Balaban J connectivity index is -0.000000513. The molecule has 0 unspecified atom stereocenters. The Kier molecular flexibility index (Phi) is 28.0. The van der Waals surface area contributed by atoms with E-state index in [1.165, 1.54) is 64.6 Å². The van der Waals surface area contributed by atoms with E-state index in [-0.39, 0.29) is 36.2 Å². The van der Waals surface area contributed by atoms with E-state index in [1.807, 2.05) is 0 Å². The maximum Gasteiger partial charge on any atom is 1.00 e. The number of nitrogens with zero attached hydrogens (tertiary/aromatic N) is 1. The van der Waals surface area contributed by atoms with Gasteiger partial charge in [-0.25, -0.2) is 8.42 Å². The van der Waals surface area contributed by atoms with E-state index in [0.29, 0.717) is 6.42 Å². The summed E-state index contributed by atoms with van der Waals surface area (Å²) >= 11 is 0. The first kappa shape index (κ1) is 30.6. The minimum Gasteiger partial charge on any atom is -0.726 e. The minimum atomic E-state index is -4.48. The van der Waals surface area contributed by atoms with E-state index >= 15 is 0 Å². The van der Waals surface area contributed by atoms with Crippen molar-refractivity contribution in [3.05, 3.63) is 0 Å². The van der Waals surface area contributed by atoms with Gasteiger partial charge in [-0.2, -0.15) is 0 Å². The third-order valence-electron chi connectivity index (χ3n) is 4.07. The molecule has 0 heterocycles. The Hall–Kier alpha value is 0.830. The molecule has 5 nitrogen and oxygen atoms in total. The fourth-order valence-electron chi connectivity index (χ4n) is 2.42. The molecule has 0 aromatic heterocycles. The van der Waals surface area contributed by atoms with Crippen LogP contribution in [0.5, 0.6) is 0 Å². The molecule has 0 radical (unpaired) electrons. The smallest absolute Gasteiger partial charge is 0.726 e. The Morgan fingerprint density at radius 2 is 1.08 bits per heavy atom. The third-order valence-corrected chi connectivity index (χ3v) is 4.52. The van der Waals surface area contributed by atoms with Crippen LogP contribution in [0.25, 0.3) is 0 Å². The molecule has 0 aromatic carbocycles. The van der Waals surface area contributed by atoms with Gasteiger partial charge in [0.1, 0.15) is 0 Å². The van der Waals surface area contributed by atoms with Gasteiger partial charge in [-0.1, -0.05) is 85.5 Å². The molecule has 0 N–H and O–H groups in total. The Labute approximate surface area is 179 Å². The Morgan fingerprint density at radius 3 is 1.36 bits per heavy atom. The van der Waals surface area contributed by atoms with Crippen LogP contribution in [-0.4, -0.2) is 44.1 Å². The Morgan fingerprint density at radius 1 is 0.720 bits per heavy atom. The predicted octanol–water partition coefficient (Wildman–Crippen LogP) is 1.74. The van der Waals surface area contributed by atoms with Gasteiger partial charge in [-0.15, -0.1) is 0 Å². The second-order valence-electron chi connectivity index (χ2n) is 6.03. The summed E-state index contributed by atoms with van der Waals surface area (Å²) in [6.45, 7) is 12.4. The molecule has 0 aliphatic heterocycles. The van der Waals surface area contributed by atoms with Crippen LogP contribution in [0.15, 0.2) is 0 Å². The van der Waals surface area contributed by atoms with Crippen LogP contribution in [0, 0.1) is 0 Å². The van der Waals surface area contributed by atoms with Crippen LogP contribution in [0.4, 0.5) is 0 Å². The van der Waals surface area contributed by atoms with Crippen LogP contribution < -0.4 is 29.6 Å². The van der Waals surface area contributed by atoms with Crippen molar-refractivity contribution < 1.29 is 46.7 Å². The van der Waals surface area contributed by atoms with Crippen LogP contribution >= 0.6 is 0 Å². The van der Waals surface area contributed by atoms with Gasteiger partial charge in [0.25, 0.3) is 0 Å². The summed E-state index contributed by atoms with van der Waals surface area (Å²) in [7, 11) is -4.48. The first-order valence-corrected chi connectivity index (χ1v) is 11.1. The van der Waals surface area contributed by atoms with Crippen molar-refractivity contribution >= 4 is 10.4 Å². The van der Waals surface area contributed by atoms with E-state index in [9.17, 15) is 13.0 Å². The van der Waals surface area contributed by atoms with Gasteiger partial charge < -0.3 is 9.45 Å². The van der Waals surface area contributed by atoms with E-state index in [4.69, 9.17) is 0 Å². The van der Waals surface area contributed by atoms with Gasteiger partial charge >= 0.3 is 29.6 Å². The summed E-state index contributed by atoms with van der Waals surface area (Å²) in [4.78, 5) is 2.38. The van der Waals surface area contributed by atoms with E-state index < -0.39 is 10.4 Å². The van der Waals surface area contributed by atoms with Crippen molar-refractivity contribution in [2.45, 2.75) is 91.9 Å². The van der Waals surface area contributed by atoms with E-state index in [0.717, 1.165) is 12.8 Å². The monoisotopic (exact) mass is 389 g/mol. The molecule has 25 heavy (non-hydrogen) atoms. The van der Waals surface area contributed by atoms with Crippen molar-refractivity contribution in [3.8, 4) is 0 Å². The van der Waals surface area contributed by atoms with Gasteiger partial charge in [-0.05, 0) is 26.1 Å². The molecular formula is C18H40NNaO4S. The quantitative estimate of drug-likeness (QED) is 0.185. The second kappa shape index (κ2) is 22.9. The molecule has 0 atom stereocenters. The summed E-state index contributed by atoms with van der Waals surface area (Å²) in [6.07, 6.45) is 11.7. The van der Waals surface area contributed by atoms with Crippen molar-refractivity contribution in [2.24, 2.45) is 0 Å². The maximum absolute atomic E-state index is 10.1. The summed E-state index contributed by atoms with van der Waals surface area (Å²) in [5.41, 5.74) is 0. The summed E-state index contributed by atoms with van der Waals surface area (Å²) in [6, 6.07) is 0. The van der Waals surface area contributed by atoms with E-state index in [2.05, 4.69) is 36.8 Å². The second-order valence-corrected chi connectivity index (χ2v) is 7.08. The molecular weight excluding hydrogens is 349 g/mol. The summed E-state index contributed by atoms with van der Waals surface area (Å²) in [5.74, 6) is 0. The van der Waals surface area contributed by atoms with Gasteiger partial charge in [0.2, 0.25) is 10.4 Å². The molecule has 0 aliphatic carbocycles. The largest absolute Gasteiger partial charge is 1.00 e. The van der Waals surface area contributed by atoms with E-state index in [1.54, 1.807) is 0 Å². The third kappa shape index (κ3) is 29.8. The maximum atomic E-state index is 10.1. The average molecular weight is 390 g/mol. The number of unbranched alkanes of at least 4 members (excludes halogenated alkanes) is 9. The van der Waals surface area contributed by atoms with Crippen LogP contribution in [-0.2, 0) is 14.6 Å². The fourth-order valence-corrected chi connectivity index (χ4v) is 2.74. The topological polar surface area (TPSA) is 69.7 Å². The van der Waals surface area contributed by atoms with Gasteiger partial charge in [0, 0.05) is 0 Å². The SMILES string of the molecule is CCCCCCCCCCCCOS(=O)(=O)[O-].CCN(CC)CC.[Na+]. The number of rotatable bonds is 15. The minimum absolute atomic E-state index is 0. The van der Waals surface area contributed by atoms with Crippen molar-refractivity contribution in [2.75, 3.05) is 26.2 Å². The molecule has 0 amide bonds. The molecule has 0 fully saturated rings. The molecule has 0 aliphatic rings. The zero-order valence-electron chi connectivity index (χ0n) is 17.4. The molecule has 0 spiro atoms. The molecule has 0 bridgehead atoms. The van der Waals surface area contributed by atoms with Crippen LogP contribution in [0.2, 0.25) is 0 Å². The molecule has 0 saturated carbocycles. The van der Waals surface area contributed by atoms with Crippen LogP contribution in [0.3, 0.4) is 0 Å². The zero-order valence-corrected chi connectivity index (χ0v) is 20.2. The summed E-state index contributed by atoms with van der Waals surface area (Å²) < 4.78 is 34.5. The first-order chi connectivity index (χ1) is 11.4.